The van der Waals surface area contributed by atoms with Crippen LogP contribution in [0.15, 0.2) is 29.6 Å². The Morgan fingerprint density at radius 1 is 1.23 bits per heavy atom. The van der Waals surface area contributed by atoms with Gasteiger partial charge in [0.15, 0.2) is 0 Å². The van der Waals surface area contributed by atoms with Gasteiger partial charge >= 0.3 is 0 Å². The predicted octanol–water partition coefficient (Wildman–Crippen LogP) is 4.51. The topological polar surface area (TPSA) is 68.9 Å². The Hall–Kier alpha value is -1.92. The molecular formula is C20H21N3OS2. The van der Waals surface area contributed by atoms with Crippen molar-refractivity contribution in [2.75, 3.05) is 0 Å². The summed E-state index contributed by atoms with van der Waals surface area (Å²) >= 11 is 3.09. The first-order valence-electron chi connectivity index (χ1n) is 8.87. The number of rotatable bonds is 4. The lowest BCUT2D eigenvalue weighted by Crippen LogP contribution is -2.22. The van der Waals surface area contributed by atoms with Gasteiger partial charge in [0.2, 0.25) is 5.91 Å². The van der Waals surface area contributed by atoms with Crippen LogP contribution in [0.3, 0.4) is 0 Å². The monoisotopic (exact) mass is 383 g/mol. The highest BCUT2D eigenvalue weighted by molar-refractivity contribution is 8.00. The molecule has 0 radical (unpaired) electrons. The van der Waals surface area contributed by atoms with Crippen LogP contribution >= 0.6 is 23.1 Å². The summed E-state index contributed by atoms with van der Waals surface area (Å²) in [6.45, 7) is 3.95. The lowest BCUT2D eigenvalue weighted by molar-refractivity contribution is -0.117. The first kappa shape index (κ1) is 17.5. The third-order valence-electron chi connectivity index (χ3n) is 4.96. The summed E-state index contributed by atoms with van der Waals surface area (Å²) in [6, 6.07) is 6.83. The number of benzene rings is 1. The molecule has 2 aromatic heterocycles. The lowest BCUT2D eigenvalue weighted by Gasteiger charge is -2.17. The van der Waals surface area contributed by atoms with Crippen molar-refractivity contribution in [2.45, 2.75) is 49.8 Å². The number of amides is 1. The largest absolute Gasteiger partial charge is 0.369 e. The van der Waals surface area contributed by atoms with E-state index in [2.05, 4.69) is 35.1 Å². The van der Waals surface area contributed by atoms with E-state index in [1.807, 2.05) is 6.92 Å². The number of carbonyl (C=O) groups excluding carboxylic acids is 1. The van der Waals surface area contributed by atoms with Crippen molar-refractivity contribution < 1.29 is 4.79 Å². The van der Waals surface area contributed by atoms with Crippen molar-refractivity contribution in [1.29, 1.82) is 0 Å². The molecule has 1 amide bonds. The third kappa shape index (κ3) is 3.12. The standard InChI is InChI=1S/C20H21N3OS2/c1-11-16(15-8-7-13-5-3-4-6-14(13)9-15)17-19(25-11)22-10-23-20(17)26-12(2)18(21)24/h7-10,12H,3-6H2,1-2H3,(H2,21,24). The molecule has 0 spiro atoms. The Morgan fingerprint density at radius 3 is 2.77 bits per heavy atom. The number of hydrogen-bond acceptors (Lipinski definition) is 5. The Balaban J connectivity index is 1.87. The van der Waals surface area contributed by atoms with Gasteiger partial charge in [-0.2, -0.15) is 0 Å². The number of carbonyl (C=O) groups is 1. The second-order valence-electron chi connectivity index (χ2n) is 6.75. The molecule has 3 aromatic rings. The molecule has 0 fully saturated rings. The summed E-state index contributed by atoms with van der Waals surface area (Å²) in [5.41, 5.74) is 10.8. The number of thioether (sulfide) groups is 1. The van der Waals surface area contributed by atoms with Gasteiger partial charge in [-0.05, 0) is 56.2 Å². The zero-order chi connectivity index (χ0) is 18.3. The molecule has 1 aromatic carbocycles. The normalized spacial score (nSPS) is 15.0. The molecular weight excluding hydrogens is 362 g/mol. The molecule has 4 nitrogen and oxygen atoms in total. The fourth-order valence-electron chi connectivity index (χ4n) is 3.57. The summed E-state index contributed by atoms with van der Waals surface area (Å²) in [5, 5.41) is 1.55. The van der Waals surface area contributed by atoms with Gasteiger partial charge in [-0.25, -0.2) is 9.97 Å². The fraction of sp³-hybridized carbons (Fsp3) is 0.350. The summed E-state index contributed by atoms with van der Waals surface area (Å²) in [4.78, 5) is 22.6. The molecule has 0 aliphatic heterocycles. The average Bonchev–Trinajstić information content (AvgIpc) is 2.98. The maximum Gasteiger partial charge on any atom is 0.230 e. The molecule has 1 aliphatic rings. The van der Waals surface area contributed by atoms with Crippen LogP contribution in [-0.2, 0) is 17.6 Å². The number of primary amides is 1. The summed E-state index contributed by atoms with van der Waals surface area (Å²) in [6.07, 6.45) is 6.46. The van der Waals surface area contributed by atoms with Crippen LogP contribution in [0.5, 0.6) is 0 Å². The van der Waals surface area contributed by atoms with E-state index in [0.29, 0.717) is 0 Å². The number of hydrogen-bond donors (Lipinski definition) is 1. The number of thiophene rings is 1. The molecule has 1 unspecified atom stereocenters. The van der Waals surface area contributed by atoms with Crippen molar-refractivity contribution in [2.24, 2.45) is 5.73 Å². The van der Waals surface area contributed by atoms with Crippen LogP contribution < -0.4 is 5.73 Å². The van der Waals surface area contributed by atoms with E-state index in [-0.39, 0.29) is 11.2 Å². The van der Waals surface area contributed by atoms with Crippen molar-refractivity contribution in [3.05, 3.63) is 40.5 Å². The minimum absolute atomic E-state index is 0.329. The van der Waals surface area contributed by atoms with Gasteiger partial charge in [-0.15, -0.1) is 11.3 Å². The molecule has 1 atom stereocenters. The lowest BCUT2D eigenvalue weighted by atomic mass is 9.89. The molecule has 6 heteroatoms. The second kappa shape index (κ2) is 7.00. The first-order valence-corrected chi connectivity index (χ1v) is 10.6. The molecule has 134 valence electrons. The molecule has 26 heavy (non-hydrogen) atoms. The average molecular weight is 384 g/mol. The van der Waals surface area contributed by atoms with Crippen LogP contribution in [-0.4, -0.2) is 21.1 Å². The molecule has 1 aliphatic carbocycles. The highest BCUT2D eigenvalue weighted by Crippen LogP contribution is 2.42. The summed E-state index contributed by atoms with van der Waals surface area (Å²) < 4.78 is 0. The van der Waals surface area contributed by atoms with E-state index in [4.69, 9.17) is 5.73 Å². The van der Waals surface area contributed by atoms with Crippen LogP contribution in [0, 0.1) is 6.92 Å². The number of aryl methyl sites for hydroxylation is 3. The fourth-order valence-corrected chi connectivity index (χ4v) is 5.52. The van der Waals surface area contributed by atoms with E-state index in [9.17, 15) is 4.79 Å². The minimum Gasteiger partial charge on any atom is -0.369 e. The zero-order valence-corrected chi connectivity index (χ0v) is 16.5. The second-order valence-corrected chi connectivity index (χ2v) is 9.28. The molecule has 0 bridgehead atoms. The number of aromatic nitrogens is 2. The van der Waals surface area contributed by atoms with Crippen LogP contribution in [0.2, 0.25) is 0 Å². The van der Waals surface area contributed by atoms with Crippen molar-refractivity contribution >= 4 is 39.2 Å². The van der Waals surface area contributed by atoms with E-state index >= 15 is 0 Å². The number of nitrogens with two attached hydrogens (primary N) is 1. The number of fused-ring (bicyclic) bond motifs is 2. The van der Waals surface area contributed by atoms with Crippen LogP contribution in [0.25, 0.3) is 21.3 Å². The van der Waals surface area contributed by atoms with E-state index in [1.165, 1.54) is 58.2 Å². The van der Waals surface area contributed by atoms with Gasteiger partial charge in [-0.1, -0.05) is 30.0 Å². The van der Waals surface area contributed by atoms with Gasteiger partial charge in [0.05, 0.1) is 10.6 Å². The predicted molar refractivity (Wildman–Crippen MR) is 109 cm³/mol. The third-order valence-corrected chi connectivity index (χ3v) is 7.09. The van der Waals surface area contributed by atoms with Crippen molar-refractivity contribution in [3.8, 4) is 11.1 Å². The van der Waals surface area contributed by atoms with E-state index in [1.54, 1.807) is 17.7 Å². The summed E-state index contributed by atoms with van der Waals surface area (Å²) in [7, 11) is 0. The molecule has 2 N–H and O–H groups in total. The smallest absolute Gasteiger partial charge is 0.230 e. The quantitative estimate of drug-likeness (QED) is 0.531. The van der Waals surface area contributed by atoms with Crippen molar-refractivity contribution in [3.63, 3.8) is 0 Å². The maximum atomic E-state index is 11.5. The maximum absolute atomic E-state index is 11.5. The SMILES string of the molecule is Cc1sc2ncnc(SC(C)C(N)=O)c2c1-c1ccc2c(c1)CCCC2. The van der Waals surface area contributed by atoms with Gasteiger partial charge in [0.1, 0.15) is 16.2 Å². The van der Waals surface area contributed by atoms with Crippen LogP contribution in [0.4, 0.5) is 0 Å². The Bertz CT molecular complexity index is 996. The van der Waals surface area contributed by atoms with Crippen molar-refractivity contribution in [1.82, 2.24) is 9.97 Å². The van der Waals surface area contributed by atoms with Gasteiger partial charge in [-0.3, -0.25) is 4.79 Å². The van der Waals surface area contributed by atoms with E-state index in [0.717, 1.165) is 21.7 Å². The molecule has 0 saturated heterocycles. The molecule has 4 rings (SSSR count). The highest BCUT2D eigenvalue weighted by atomic mass is 32.2. The van der Waals surface area contributed by atoms with Gasteiger partial charge in [0.25, 0.3) is 0 Å². The molecule has 2 heterocycles. The van der Waals surface area contributed by atoms with E-state index < -0.39 is 0 Å². The van der Waals surface area contributed by atoms with Crippen LogP contribution in [0.1, 0.15) is 35.8 Å². The Labute approximate surface area is 161 Å². The first-order chi connectivity index (χ1) is 12.5. The summed E-state index contributed by atoms with van der Waals surface area (Å²) in [5.74, 6) is -0.330. The number of nitrogens with zero attached hydrogens (tertiary/aromatic N) is 2. The minimum atomic E-state index is -0.330. The molecule has 0 saturated carbocycles. The Morgan fingerprint density at radius 2 is 2.00 bits per heavy atom. The van der Waals surface area contributed by atoms with Gasteiger partial charge < -0.3 is 5.73 Å². The highest BCUT2D eigenvalue weighted by Gasteiger charge is 2.21. The van der Waals surface area contributed by atoms with Gasteiger partial charge in [0, 0.05) is 10.4 Å². The zero-order valence-electron chi connectivity index (χ0n) is 14.9. The Kier molecular flexibility index (Phi) is 4.71.